The number of halogens is 3. The first-order valence-corrected chi connectivity index (χ1v) is 6.19. The van der Waals surface area contributed by atoms with Crippen LogP contribution in [-0.2, 0) is 9.53 Å². The largest absolute Gasteiger partial charge is 0.481 e. The molecule has 1 fully saturated rings. The van der Waals surface area contributed by atoms with Crippen molar-refractivity contribution in [2.75, 3.05) is 32.8 Å². The molecule has 0 radical (unpaired) electrons. The quantitative estimate of drug-likeness (QED) is 0.744. The van der Waals surface area contributed by atoms with Crippen LogP contribution in [0.5, 0.6) is 0 Å². The van der Waals surface area contributed by atoms with Crippen LogP contribution in [0, 0.1) is 5.92 Å². The van der Waals surface area contributed by atoms with Gasteiger partial charge in [0, 0.05) is 19.6 Å². The van der Waals surface area contributed by atoms with Crippen LogP contribution in [0.15, 0.2) is 0 Å². The number of carbonyl (C=O) groups excluding carboxylic acids is 1. The van der Waals surface area contributed by atoms with Gasteiger partial charge in [-0.1, -0.05) is 0 Å². The van der Waals surface area contributed by atoms with E-state index in [-0.39, 0.29) is 13.2 Å². The SMILES string of the molecule is O=C(O)C1CCN(C(=O)NCCOCC(F)(F)F)CC1. The van der Waals surface area contributed by atoms with Crippen LogP contribution in [-0.4, -0.2) is 61.0 Å². The van der Waals surface area contributed by atoms with Gasteiger partial charge in [-0.05, 0) is 12.8 Å². The Kier molecular flexibility index (Phi) is 6.05. The molecule has 1 aliphatic heterocycles. The first-order chi connectivity index (χ1) is 9.29. The summed E-state index contributed by atoms with van der Waals surface area (Å²) in [5, 5.41) is 11.2. The smallest absolute Gasteiger partial charge is 0.411 e. The number of nitrogens with one attached hydrogen (secondary N) is 1. The lowest BCUT2D eigenvalue weighted by atomic mass is 9.97. The number of alkyl halides is 3. The number of rotatable bonds is 5. The van der Waals surface area contributed by atoms with Crippen molar-refractivity contribution in [2.24, 2.45) is 5.92 Å². The third-order valence-electron chi connectivity index (χ3n) is 2.92. The summed E-state index contributed by atoms with van der Waals surface area (Å²) in [6, 6.07) is -0.413. The molecule has 1 aliphatic rings. The first-order valence-electron chi connectivity index (χ1n) is 6.19. The molecular formula is C11H17F3N2O4. The van der Waals surface area contributed by atoms with Crippen LogP contribution in [0.4, 0.5) is 18.0 Å². The number of hydrogen-bond acceptors (Lipinski definition) is 3. The fraction of sp³-hybridized carbons (Fsp3) is 0.818. The minimum absolute atomic E-state index is 0.0201. The molecule has 0 atom stereocenters. The monoisotopic (exact) mass is 298 g/mol. The number of aliphatic carboxylic acids is 1. The molecular weight excluding hydrogens is 281 g/mol. The summed E-state index contributed by atoms with van der Waals surface area (Å²) in [5.74, 6) is -1.31. The fourth-order valence-corrected chi connectivity index (χ4v) is 1.86. The van der Waals surface area contributed by atoms with Crippen LogP contribution >= 0.6 is 0 Å². The lowest BCUT2D eigenvalue weighted by Gasteiger charge is -2.30. The lowest BCUT2D eigenvalue weighted by Crippen LogP contribution is -2.46. The maximum atomic E-state index is 11.8. The minimum atomic E-state index is -4.37. The summed E-state index contributed by atoms with van der Waals surface area (Å²) in [6.07, 6.45) is -3.61. The zero-order chi connectivity index (χ0) is 15.2. The Morgan fingerprint density at radius 1 is 1.30 bits per heavy atom. The number of ether oxygens (including phenoxy) is 1. The fourth-order valence-electron chi connectivity index (χ4n) is 1.86. The molecule has 116 valence electrons. The molecule has 0 spiro atoms. The van der Waals surface area contributed by atoms with Gasteiger partial charge in [-0.2, -0.15) is 13.2 Å². The van der Waals surface area contributed by atoms with Gasteiger partial charge in [0.05, 0.1) is 12.5 Å². The Morgan fingerprint density at radius 3 is 2.40 bits per heavy atom. The van der Waals surface area contributed by atoms with E-state index in [2.05, 4.69) is 10.1 Å². The van der Waals surface area contributed by atoms with E-state index in [1.807, 2.05) is 0 Å². The molecule has 20 heavy (non-hydrogen) atoms. The third-order valence-corrected chi connectivity index (χ3v) is 2.92. The Bertz CT molecular complexity index is 341. The highest BCUT2D eigenvalue weighted by molar-refractivity contribution is 5.75. The maximum absolute atomic E-state index is 11.8. The van der Waals surface area contributed by atoms with Crippen LogP contribution in [0.3, 0.4) is 0 Å². The zero-order valence-electron chi connectivity index (χ0n) is 10.8. The van der Waals surface area contributed by atoms with Gasteiger partial charge in [-0.3, -0.25) is 4.79 Å². The number of carbonyl (C=O) groups is 2. The Hall–Kier alpha value is -1.51. The van der Waals surface area contributed by atoms with Crippen molar-refractivity contribution in [3.05, 3.63) is 0 Å². The molecule has 6 nitrogen and oxygen atoms in total. The average Bonchev–Trinajstić information content (AvgIpc) is 2.37. The average molecular weight is 298 g/mol. The van der Waals surface area contributed by atoms with Crippen LogP contribution in [0.1, 0.15) is 12.8 Å². The van der Waals surface area contributed by atoms with Crippen molar-refractivity contribution >= 4 is 12.0 Å². The number of urea groups is 1. The summed E-state index contributed by atoms with van der Waals surface area (Å²) >= 11 is 0. The summed E-state index contributed by atoms with van der Waals surface area (Å²) in [4.78, 5) is 23.8. The van der Waals surface area contributed by atoms with E-state index < -0.39 is 30.7 Å². The molecule has 2 amide bonds. The summed E-state index contributed by atoms with van der Waals surface area (Å²) < 4.78 is 39.6. The van der Waals surface area contributed by atoms with Crippen molar-refractivity contribution in [3.63, 3.8) is 0 Å². The Balaban J connectivity index is 2.13. The summed E-state index contributed by atoms with van der Waals surface area (Å²) in [6.45, 7) is -0.935. The van der Waals surface area contributed by atoms with Crippen molar-refractivity contribution in [1.29, 1.82) is 0 Å². The second kappa shape index (κ2) is 7.32. The van der Waals surface area contributed by atoms with Crippen molar-refractivity contribution < 1.29 is 32.6 Å². The van der Waals surface area contributed by atoms with Gasteiger partial charge in [0.25, 0.3) is 0 Å². The highest BCUT2D eigenvalue weighted by Gasteiger charge is 2.28. The molecule has 0 aromatic rings. The van der Waals surface area contributed by atoms with E-state index in [9.17, 15) is 22.8 Å². The van der Waals surface area contributed by atoms with Gasteiger partial charge in [0.1, 0.15) is 6.61 Å². The maximum Gasteiger partial charge on any atom is 0.411 e. The van der Waals surface area contributed by atoms with Gasteiger partial charge in [0.2, 0.25) is 0 Å². The van der Waals surface area contributed by atoms with Crippen LogP contribution in [0.2, 0.25) is 0 Å². The van der Waals surface area contributed by atoms with E-state index in [0.717, 1.165) is 0 Å². The van der Waals surface area contributed by atoms with Gasteiger partial charge in [-0.15, -0.1) is 0 Å². The molecule has 9 heteroatoms. The number of carboxylic acid groups (broad SMARTS) is 1. The number of hydrogen-bond donors (Lipinski definition) is 2. The molecule has 0 unspecified atom stereocenters. The van der Waals surface area contributed by atoms with Crippen molar-refractivity contribution in [3.8, 4) is 0 Å². The third kappa shape index (κ3) is 6.09. The normalized spacial score (nSPS) is 17.1. The van der Waals surface area contributed by atoms with E-state index in [4.69, 9.17) is 5.11 Å². The summed E-state index contributed by atoms with van der Waals surface area (Å²) in [7, 11) is 0. The molecule has 1 heterocycles. The Labute approximate surface area is 113 Å². The minimum Gasteiger partial charge on any atom is -0.481 e. The molecule has 0 saturated carbocycles. The zero-order valence-corrected chi connectivity index (χ0v) is 10.8. The van der Waals surface area contributed by atoms with E-state index in [1.54, 1.807) is 0 Å². The van der Waals surface area contributed by atoms with Gasteiger partial charge in [-0.25, -0.2) is 4.79 Å². The lowest BCUT2D eigenvalue weighted by molar-refractivity contribution is -0.173. The number of likely N-dealkylation sites (tertiary alicyclic amines) is 1. The molecule has 0 bridgehead atoms. The second-order valence-corrected chi connectivity index (χ2v) is 4.50. The van der Waals surface area contributed by atoms with E-state index in [1.165, 1.54) is 4.90 Å². The van der Waals surface area contributed by atoms with E-state index in [0.29, 0.717) is 25.9 Å². The molecule has 2 N–H and O–H groups in total. The highest BCUT2D eigenvalue weighted by Crippen LogP contribution is 2.17. The van der Waals surface area contributed by atoms with Gasteiger partial charge in [0.15, 0.2) is 0 Å². The highest BCUT2D eigenvalue weighted by atomic mass is 19.4. The first kappa shape index (κ1) is 16.5. The molecule has 0 aromatic carbocycles. The summed E-state index contributed by atoms with van der Waals surface area (Å²) in [5.41, 5.74) is 0. The van der Waals surface area contributed by atoms with Gasteiger partial charge >= 0.3 is 18.2 Å². The number of piperidine rings is 1. The topological polar surface area (TPSA) is 78.9 Å². The standard InChI is InChI=1S/C11H17F3N2O4/c12-11(13,14)7-20-6-3-15-10(19)16-4-1-8(2-5-16)9(17)18/h8H,1-7H2,(H,15,19)(H,17,18). The molecule has 1 saturated heterocycles. The number of carboxylic acids is 1. The predicted molar refractivity (Wildman–Crippen MR) is 62.2 cm³/mol. The molecule has 0 aromatic heterocycles. The molecule has 1 rings (SSSR count). The van der Waals surface area contributed by atoms with Crippen LogP contribution < -0.4 is 5.32 Å². The van der Waals surface area contributed by atoms with Gasteiger partial charge < -0.3 is 20.1 Å². The van der Waals surface area contributed by atoms with Crippen molar-refractivity contribution in [2.45, 2.75) is 19.0 Å². The van der Waals surface area contributed by atoms with Crippen molar-refractivity contribution in [1.82, 2.24) is 10.2 Å². The Morgan fingerprint density at radius 2 is 1.90 bits per heavy atom. The number of amides is 2. The molecule has 0 aliphatic carbocycles. The number of nitrogens with zero attached hydrogens (tertiary/aromatic N) is 1. The van der Waals surface area contributed by atoms with E-state index >= 15 is 0 Å². The predicted octanol–water partition coefficient (Wildman–Crippen LogP) is 1.07. The second-order valence-electron chi connectivity index (χ2n) is 4.50. The van der Waals surface area contributed by atoms with Crippen LogP contribution in [0.25, 0.3) is 0 Å².